The van der Waals surface area contributed by atoms with E-state index in [-0.39, 0.29) is 0 Å². The Bertz CT molecular complexity index is 254. The number of piperazine rings is 1. The van der Waals surface area contributed by atoms with Gasteiger partial charge in [0.2, 0.25) is 0 Å². The number of nitrogens with one attached hydrogen (secondary N) is 1. The zero-order chi connectivity index (χ0) is 8.39. The molecule has 0 bridgehead atoms. The number of rotatable bonds is 1. The Morgan fingerprint density at radius 3 is 2.75 bits per heavy atom. The first-order valence-corrected chi connectivity index (χ1v) is 4.82. The van der Waals surface area contributed by atoms with Crippen LogP contribution in [0.5, 0.6) is 0 Å². The zero-order valence-corrected chi connectivity index (χ0v) is 8.29. The summed E-state index contributed by atoms with van der Waals surface area (Å²) in [4.78, 5) is 1.89. The summed E-state index contributed by atoms with van der Waals surface area (Å²) in [6.07, 6.45) is 3.79. The van der Waals surface area contributed by atoms with Gasteiger partial charge in [-0.25, -0.2) is 0 Å². The SMILES string of the molecule is Brc1cnn(N2CCNCC2)c1. The second kappa shape index (κ2) is 3.45. The van der Waals surface area contributed by atoms with E-state index in [0.29, 0.717) is 0 Å². The van der Waals surface area contributed by atoms with E-state index in [1.807, 2.05) is 17.2 Å². The molecule has 1 aromatic heterocycles. The summed E-state index contributed by atoms with van der Waals surface area (Å²) in [6, 6.07) is 0. The molecule has 66 valence electrons. The van der Waals surface area contributed by atoms with Crippen molar-refractivity contribution >= 4 is 15.9 Å². The van der Waals surface area contributed by atoms with Crippen molar-refractivity contribution in [3.8, 4) is 0 Å². The van der Waals surface area contributed by atoms with Crippen molar-refractivity contribution in [2.45, 2.75) is 0 Å². The predicted octanol–water partition coefficient (Wildman–Crippen LogP) is 0.187. The maximum Gasteiger partial charge on any atom is 0.0653 e. The molecule has 0 radical (unpaired) electrons. The maximum absolute atomic E-state index is 4.21. The predicted molar refractivity (Wildman–Crippen MR) is 50.7 cm³/mol. The second-order valence-corrected chi connectivity index (χ2v) is 3.70. The summed E-state index contributed by atoms with van der Waals surface area (Å²) in [7, 11) is 0. The highest BCUT2D eigenvalue weighted by Crippen LogP contribution is 2.06. The van der Waals surface area contributed by atoms with Gasteiger partial charge in [0, 0.05) is 26.2 Å². The smallest absolute Gasteiger partial charge is 0.0653 e. The largest absolute Gasteiger partial charge is 0.313 e. The van der Waals surface area contributed by atoms with Crippen molar-refractivity contribution in [2.75, 3.05) is 31.2 Å². The lowest BCUT2D eigenvalue weighted by Crippen LogP contribution is -2.49. The monoisotopic (exact) mass is 230 g/mol. The van der Waals surface area contributed by atoms with Crippen LogP contribution in [0.1, 0.15) is 0 Å². The highest BCUT2D eigenvalue weighted by atomic mass is 79.9. The van der Waals surface area contributed by atoms with Crippen LogP contribution in [0, 0.1) is 0 Å². The molecule has 5 heteroatoms. The van der Waals surface area contributed by atoms with Crippen LogP contribution in [0.3, 0.4) is 0 Å². The molecule has 1 aliphatic rings. The molecule has 1 saturated heterocycles. The normalized spacial score (nSPS) is 18.2. The van der Waals surface area contributed by atoms with Gasteiger partial charge in [-0.15, -0.1) is 0 Å². The lowest BCUT2D eigenvalue weighted by Gasteiger charge is -2.28. The summed E-state index contributed by atoms with van der Waals surface area (Å²) < 4.78 is 1.03. The number of halogens is 1. The summed E-state index contributed by atoms with van der Waals surface area (Å²) >= 11 is 3.37. The van der Waals surface area contributed by atoms with Crippen LogP contribution < -0.4 is 10.3 Å². The van der Waals surface area contributed by atoms with E-state index in [9.17, 15) is 0 Å². The fourth-order valence-corrected chi connectivity index (χ4v) is 1.58. The summed E-state index contributed by atoms with van der Waals surface area (Å²) in [5, 5.41) is 9.71. The fraction of sp³-hybridized carbons (Fsp3) is 0.571. The average Bonchev–Trinajstić information content (AvgIpc) is 2.54. The summed E-state index contributed by atoms with van der Waals surface area (Å²) in [5.74, 6) is 0. The maximum atomic E-state index is 4.21. The summed E-state index contributed by atoms with van der Waals surface area (Å²) in [5.41, 5.74) is 0. The van der Waals surface area contributed by atoms with E-state index in [1.54, 1.807) is 0 Å². The molecule has 0 spiro atoms. The molecule has 2 heterocycles. The first-order chi connectivity index (χ1) is 5.86. The number of nitrogens with zero attached hydrogens (tertiary/aromatic N) is 3. The second-order valence-electron chi connectivity index (χ2n) is 2.78. The molecule has 1 N–H and O–H groups in total. The Balaban J connectivity index is 2.08. The van der Waals surface area contributed by atoms with Crippen molar-refractivity contribution in [2.24, 2.45) is 0 Å². The Morgan fingerprint density at radius 2 is 2.17 bits per heavy atom. The van der Waals surface area contributed by atoms with Crippen LogP contribution in [0.2, 0.25) is 0 Å². The highest BCUT2D eigenvalue weighted by Gasteiger charge is 2.09. The van der Waals surface area contributed by atoms with Crippen LogP contribution >= 0.6 is 15.9 Å². The van der Waals surface area contributed by atoms with Gasteiger partial charge in [0.25, 0.3) is 0 Å². The molecule has 4 nitrogen and oxygen atoms in total. The quantitative estimate of drug-likeness (QED) is 0.748. The molecule has 1 fully saturated rings. The molecule has 0 saturated carbocycles. The van der Waals surface area contributed by atoms with Crippen molar-refractivity contribution in [3.05, 3.63) is 16.9 Å². The average molecular weight is 231 g/mol. The Kier molecular flexibility index (Phi) is 2.32. The number of hydrogen-bond acceptors (Lipinski definition) is 3. The van der Waals surface area contributed by atoms with Gasteiger partial charge in [-0.1, -0.05) is 0 Å². The lowest BCUT2D eigenvalue weighted by molar-refractivity contribution is 0.460. The molecule has 0 atom stereocenters. The van der Waals surface area contributed by atoms with Crippen molar-refractivity contribution in [3.63, 3.8) is 0 Å². The Morgan fingerprint density at radius 1 is 1.42 bits per heavy atom. The highest BCUT2D eigenvalue weighted by molar-refractivity contribution is 9.10. The number of aromatic nitrogens is 2. The molecule has 12 heavy (non-hydrogen) atoms. The minimum Gasteiger partial charge on any atom is -0.313 e. The molecule has 1 aliphatic heterocycles. The van der Waals surface area contributed by atoms with E-state index in [0.717, 1.165) is 30.7 Å². The van der Waals surface area contributed by atoms with Crippen molar-refractivity contribution < 1.29 is 0 Å². The van der Waals surface area contributed by atoms with E-state index >= 15 is 0 Å². The molecule has 0 unspecified atom stereocenters. The topological polar surface area (TPSA) is 33.1 Å². The van der Waals surface area contributed by atoms with Crippen molar-refractivity contribution in [1.29, 1.82) is 0 Å². The third-order valence-corrected chi connectivity index (χ3v) is 2.33. The fourth-order valence-electron chi connectivity index (χ4n) is 1.30. The first kappa shape index (κ1) is 8.07. The molecule has 2 rings (SSSR count). The lowest BCUT2D eigenvalue weighted by atomic mass is 10.4. The summed E-state index contributed by atoms with van der Waals surface area (Å²) in [6.45, 7) is 4.12. The van der Waals surface area contributed by atoms with Gasteiger partial charge >= 0.3 is 0 Å². The van der Waals surface area contributed by atoms with Gasteiger partial charge in [0.05, 0.1) is 16.9 Å². The molecule has 0 amide bonds. The Labute approximate surface area is 79.6 Å². The molecular weight excluding hydrogens is 220 g/mol. The van der Waals surface area contributed by atoms with E-state index in [4.69, 9.17) is 0 Å². The van der Waals surface area contributed by atoms with Crippen molar-refractivity contribution in [1.82, 2.24) is 15.2 Å². The third kappa shape index (κ3) is 1.61. The number of hydrogen-bond donors (Lipinski definition) is 1. The molecule has 1 aromatic rings. The van der Waals surface area contributed by atoms with Gasteiger partial charge in [-0.2, -0.15) is 9.89 Å². The van der Waals surface area contributed by atoms with Gasteiger partial charge in [0.15, 0.2) is 0 Å². The van der Waals surface area contributed by atoms with Gasteiger partial charge < -0.3 is 5.32 Å². The van der Waals surface area contributed by atoms with Crippen LogP contribution in [0.4, 0.5) is 0 Å². The minimum absolute atomic E-state index is 1.02. The van der Waals surface area contributed by atoms with Gasteiger partial charge in [0.1, 0.15) is 0 Å². The van der Waals surface area contributed by atoms with Crippen LogP contribution in [-0.2, 0) is 0 Å². The minimum atomic E-state index is 1.02. The van der Waals surface area contributed by atoms with Gasteiger partial charge in [-0.05, 0) is 15.9 Å². The zero-order valence-electron chi connectivity index (χ0n) is 6.70. The third-order valence-electron chi connectivity index (χ3n) is 1.92. The van der Waals surface area contributed by atoms with Crippen LogP contribution in [0.15, 0.2) is 16.9 Å². The van der Waals surface area contributed by atoms with Crippen LogP contribution in [-0.4, -0.2) is 36.1 Å². The Hall–Kier alpha value is -0.550. The van der Waals surface area contributed by atoms with Crippen LogP contribution in [0.25, 0.3) is 0 Å². The molecule has 0 aliphatic carbocycles. The van der Waals surface area contributed by atoms with E-state index in [1.165, 1.54) is 0 Å². The standard InChI is InChI=1S/C7H11BrN4/c8-7-5-10-12(6-7)11-3-1-9-2-4-11/h5-6,9H,1-4H2. The van der Waals surface area contributed by atoms with E-state index < -0.39 is 0 Å². The van der Waals surface area contributed by atoms with Gasteiger partial charge in [-0.3, -0.25) is 5.01 Å². The van der Waals surface area contributed by atoms with E-state index in [2.05, 4.69) is 31.4 Å². The molecular formula is C7H11BrN4. The molecule has 0 aromatic carbocycles. The first-order valence-electron chi connectivity index (χ1n) is 4.02.